The molecule has 37 heavy (non-hydrogen) atoms. The molecule has 0 heterocycles. The monoisotopic (exact) mass is 516 g/mol. The van der Waals surface area contributed by atoms with Gasteiger partial charge in [-0.15, -0.1) is 0 Å². The summed E-state index contributed by atoms with van der Waals surface area (Å²) in [6.45, 7) is 0. The van der Waals surface area contributed by atoms with Crippen LogP contribution in [0.1, 0.15) is 22.3 Å². The molecule has 0 saturated heterocycles. The van der Waals surface area contributed by atoms with Gasteiger partial charge in [0.2, 0.25) is 0 Å². The van der Waals surface area contributed by atoms with Crippen LogP contribution < -0.4 is 7.74 Å². The van der Waals surface area contributed by atoms with Gasteiger partial charge in [-0.3, -0.25) is 0 Å². The summed E-state index contributed by atoms with van der Waals surface area (Å²) in [6, 6.07) is 27.9. The normalized spacial score (nSPS) is 12.3. The minimum absolute atomic E-state index is 0.616. The van der Waals surface area contributed by atoms with E-state index in [1.165, 1.54) is 0 Å². The minimum atomic E-state index is -4.83. The van der Waals surface area contributed by atoms with Gasteiger partial charge in [0.15, 0.2) is 0 Å². The first-order chi connectivity index (χ1) is 18.1. The molecule has 0 radical (unpaired) electrons. The van der Waals surface area contributed by atoms with E-state index in [0.717, 1.165) is 44.5 Å². The number of fused-ring (bicyclic) bond motifs is 6. The van der Waals surface area contributed by atoms with E-state index >= 15 is 0 Å². The van der Waals surface area contributed by atoms with Gasteiger partial charge in [-0.25, -0.2) is 0 Å². The van der Waals surface area contributed by atoms with Crippen LogP contribution in [0.3, 0.4) is 0 Å². The third-order valence-electron chi connectivity index (χ3n) is 7.12. The molecule has 0 fully saturated rings. The second kappa shape index (κ2) is 8.95. The standard InChI is InChI=1S/2C13H9.2C3H2O2.Ti/c2*1-3-7-12-10(5-1)9-11-6-2-4-8-13(11)12;2*1-2-3(4)5;/h2*1-5,7-8H,9H2;2*1H,(H,4,5);/q;;;;+2/p-2. The average Bonchev–Trinajstić information content (AvgIpc) is 3.50. The predicted molar refractivity (Wildman–Crippen MR) is 138 cm³/mol. The maximum absolute atomic E-state index is 12.8. The summed E-state index contributed by atoms with van der Waals surface area (Å²) in [4.78, 5) is 25.7. The second-order valence-corrected chi connectivity index (χ2v) is 13.3. The first-order valence-electron chi connectivity index (χ1n) is 11.9. The van der Waals surface area contributed by atoms with Crippen LogP contribution in [-0.4, -0.2) is 11.9 Å². The molecule has 0 atom stereocenters. The molecule has 0 amide bonds. The molecule has 2 aliphatic rings. The van der Waals surface area contributed by atoms with Gasteiger partial charge in [0.1, 0.15) is 0 Å². The van der Waals surface area contributed by atoms with E-state index in [2.05, 4.69) is 36.1 Å². The van der Waals surface area contributed by atoms with Crippen molar-refractivity contribution in [2.45, 2.75) is 12.8 Å². The van der Waals surface area contributed by atoms with Crippen molar-refractivity contribution in [3.05, 3.63) is 107 Å². The molecule has 4 nitrogen and oxygen atoms in total. The Morgan fingerprint density at radius 2 is 1.00 bits per heavy atom. The van der Waals surface area contributed by atoms with Gasteiger partial charge in [-0.1, -0.05) is 0 Å². The van der Waals surface area contributed by atoms with E-state index in [1.807, 2.05) is 60.7 Å². The molecule has 176 valence electrons. The number of benzene rings is 4. The Labute approximate surface area is 219 Å². The molecule has 4 aromatic rings. The summed E-state index contributed by atoms with van der Waals surface area (Å²) < 4.78 is 13.7. The topological polar surface area (TPSA) is 52.6 Å². The first-order valence-corrected chi connectivity index (χ1v) is 14.7. The van der Waals surface area contributed by atoms with E-state index in [0.29, 0.717) is 20.6 Å². The van der Waals surface area contributed by atoms with Crippen LogP contribution in [0.25, 0.3) is 22.3 Å². The van der Waals surface area contributed by atoms with E-state index < -0.39 is 29.3 Å². The van der Waals surface area contributed by atoms with Crippen molar-refractivity contribution >= 4 is 19.7 Å². The van der Waals surface area contributed by atoms with Crippen molar-refractivity contribution in [1.82, 2.24) is 0 Å². The molecular weight excluding hydrogens is 496 g/mol. The number of rotatable bonds is 4. The van der Waals surface area contributed by atoms with E-state index in [9.17, 15) is 9.59 Å². The molecule has 0 N–H and O–H groups in total. The summed E-state index contributed by atoms with van der Waals surface area (Å²) in [5.74, 6) is 2.36. The summed E-state index contributed by atoms with van der Waals surface area (Å²) >= 11 is -4.83. The molecule has 4 aromatic carbocycles. The number of hydrogen-bond donors (Lipinski definition) is 0. The number of terminal acetylenes is 2. The van der Waals surface area contributed by atoms with Crippen molar-refractivity contribution < 1.29 is 33.6 Å². The molecular formula is C32H20O4Ti. The number of carbonyl (C=O) groups is 2. The average molecular weight is 516 g/mol. The van der Waals surface area contributed by atoms with Crippen LogP contribution in [0.2, 0.25) is 0 Å². The van der Waals surface area contributed by atoms with Gasteiger partial charge in [0, 0.05) is 0 Å². The van der Waals surface area contributed by atoms with Gasteiger partial charge in [-0.2, -0.15) is 0 Å². The molecule has 0 spiro atoms. The molecule has 0 aromatic heterocycles. The fourth-order valence-corrected chi connectivity index (χ4v) is 10.8. The van der Waals surface area contributed by atoms with Crippen molar-refractivity contribution in [3.8, 4) is 46.9 Å². The quantitative estimate of drug-likeness (QED) is 0.262. The van der Waals surface area contributed by atoms with E-state index in [1.54, 1.807) is 0 Å². The zero-order valence-corrected chi connectivity index (χ0v) is 21.3. The van der Waals surface area contributed by atoms with Crippen LogP contribution in [0, 0.1) is 24.7 Å². The van der Waals surface area contributed by atoms with E-state index in [4.69, 9.17) is 19.5 Å². The van der Waals surface area contributed by atoms with Gasteiger partial charge < -0.3 is 0 Å². The Bertz CT molecular complexity index is 1580. The zero-order valence-electron chi connectivity index (χ0n) is 19.8. The second-order valence-electron chi connectivity index (χ2n) is 9.02. The van der Waals surface area contributed by atoms with Crippen molar-refractivity contribution in [3.63, 3.8) is 0 Å². The third-order valence-corrected chi connectivity index (χ3v) is 12.3. The van der Waals surface area contributed by atoms with Crippen molar-refractivity contribution in [1.29, 1.82) is 0 Å². The Morgan fingerprint density at radius 1 is 0.595 bits per heavy atom. The Hall–Kier alpha value is -4.35. The Morgan fingerprint density at radius 3 is 1.43 bits per heavy atom. The van der Waals surface area contributed by atoms with Gasteiger partial charge in [-0.05, 0) is 0 Å². The van der Waals surface area contributed by atoms with Crippen LogP contribution >= 0.6 is 0 Å². The Balaban J connectivity index is 1.66. The van der Waals surface area contributed by atoms with Crippen molar-refractivity contribution in [2.24, 2.45) is 0 Å². The molecule has 0 unspecified atom stereocenters. The molecule has 6 rings (SSSR count). The van der Waals surface area contributed by atoms with Crippen LogP contribution in [0.4, 0.5) is 0 Å². The van der Waals surface area contributed by atoms with Gasteiger partial charge in [0.05, 0.1) is 0 Å². The third kappa shape index (κ3) is 3.62. The van der Waals surface area contributed by atoms with Crippen LogP contribution in [0.15, 0.2) is 84.9 Å². The van der Waals surface area contributed by atoms with Gasteiger partial charge >= 0.3 is 220 Å². The maximum atomic E-state index is 12.8. The fourth-order valence-electron chi connectivity index (χ4n) is 5.64. The predicted octanol–water partition coefficient (Wildman–Crippen LogP) is 4.12. The Kier molecular flexibility index (Phi) is 5.58. The summed E-state index contributed by atoms with van der Waals surface area (Å²) in [6.07, 6.45) is 12.2. The summed E-state index contributed by atoms with van der Waals surface area (Å²) in [5.41, 5.74) is 8.48. The zero-order chi connectivity index (χ0) is 25.6. The molecule has 0 aliphatic heterocycles. The molecule has 5 heteroatoms. The molecule has 0 bridgehead atoms. The van der Waals surface area contributed by atoms with Gasteiger partial charge in [0.25, 0.3) is 0 Å². The summed E-state index contributed by atoms with van der Waals surface area (Å²) in [7, 11) is 0. The number of hydrogen-bond acceptors (Lipinski definition) is 4. The fraction of sp³-hybridized carbons (Fsp3) is 0.0625. The van der Waals surface area contributed by atoms with E-state index in [-0.39, 0.29) is 0 Å². The summed E-state index contributed by atoms with van der Waals surface area (Å²) in [5, 5.41) is 0. The first kappa shape index (κ1) is 23.1. The SMILES string of the molecule is C#CC(=O)[O][Ti]([O]C(=O)C#C)([c]1cccc2c1Cc1ccccc1-2)[c]1cccc2c1Cc1ccccc1-2. The number of carbonyl (C=O) groups excluding carboxylic acids is 2. The van der Waals surface area contributed by atoms with Crippen LogP contribution in [0.5, 0.6) is 0 Å². The van der Waals surface area contributed by atoms with Crippen molar-refractivity contribution in [2.75, 3.05) is 0 Å². The molecule has 0 saturated carbocycles. The molecule has 2 aliphatic carbocycles. The van der Waals surface area contributed by atoms with Crippen LogP contribution in [-0.2, 0) is 46.4 Å².